The molecule has 0 radical (unpaired) electrons. The van der Waals surface area contributed by atoms with Crippen LogP contribution in [0.2, 0.25) is 0 Å². The lowest BCUT2D eigenvalue weighted by molar-refractivity contribution is -0.133. The molecule has 17 heavy (non-hydrogen) atoms. The van der Waals surface area contributed by atoms with Crippen LogP contribution in [0, 0.1) is 0 Å². The van der Waals surface area contributed by atoms with Crippen molar-refractivity contribution in [3.63, 3.8) is 0 Å². The Morgan fingerprint density at radius 2 is 2.18 bits per heavy atom. The average Bonchev–Trinajstić information content (AvgIpc) is 2.78. The van der Waals surface area contributed by atoms with Crippen LogP contribution in [0.4, 0.5) is 5.69 Å². The van der Waals surface area contributed by atoms with Crippen molar-refractivity contribution in [2.24, 2.45) is 0 Å². The van der Waals surface area contributed by atoms with Gasteiger partial charge in [0.05, 0.1) is 0 Å². The molecule has 0 saturated carbocycles. The van der Waals surface area contributed by atoms with Crippen molar-refractivity contribution in [3.05, 3.63) is 29.8 Å². The summed E-state index contributed by atoms with van der Waals surface area (Å²) >= 11 is 3.39. The van der Waals surface area contributed by atoms with E-state index in [1.165, 1.54) is 5.56 Å². The van der Waals surface area contributed by atoms with E-state index >= 15 is 0 Å². The highest BCUT2D eigenvalue weighted by atomic mass is 79.9. The molecule has 1 aliphatic heterocycles. The van der Waals surface area contributed by atoms with Gasteiger partial charge in [-0.2, -0.15) is 0 Å². The van der Waals surface area contributed by atoms with E-state index in [-0.39, 0.29) is 5.91 Å². The molecule has 1 fully saturated rings. The van der Waals surface area contributed by atoms with Crippen molar-refractivity contribution >= 4 is 27.5 Å². The number of anilines is 1. The molecule has 0 aromatic heterocycles. The molecule has 3 nitrogen and oxygen atoms in total. The normalized spacial score (nSPS) is 23.6. The number of benzene rings is 1. The standard InChI is InChI=1S/C13H16BrNO2/c1-13(7-2-8-17-13)12(16)15-11-5-3-10(9-14)4-6-11/h3-6H,2,7-9H2,1H3,(H,15,16). The fourth-order valence-electron chi connectivity index (χ4n) is 1.90. The topological polar surface area (TPSA) is 38.3 Å². The van der Waals surface area contributed by atoms with E-state index in [4.69, 9.17) is 4.74 Å². The van der Waals surface area contributed by atoms with Crippen LogP contribution in [-0.4, -0.2) is 18.1 Å². The third-order valence-corrected chi connectivity index (χ3v) is 3.71. The number of carbonyl (C=O) groups is 1. The van der Waals surface area contributed by atoms with E-state index in [1.54, 1.807) is 0 Å². The Morgan fingerprint density at radius 3 is 2.71 bits per heavy atom. The van der Waals surface area contributed by atoms with Crippen molar-refractivity contribution in [1.29, 1.82) is 0 Å². The van der Waals surface area contributed by atoms with Gasteiger partial charge in [-0.15, -0.1) is 0 Å². The predicted molar refractivity (Wildman–Crippen MR) is 71.3 cm³/mol. The Bertz CT molecular complexity index is 396. The lowest BCUT2D eigenvalue weighted by atomic mass is 10.0. The second-order valence-electron chi connectivity index (χ2n) is 4.47. The maximum atomic E-state index is 12.0. The first kappa shape index (κ1) is 12.6. The second-order valence-corrected chi connectivity index (χ2v) is 5.03. The van der Waals surface area contributed by atoms with Crippen molar-refractivity contribution in [1.82, 2.24) is 0 Å². The zero-order valence-corrected chi connectivity index (χ0v) is 11.4. The fraction of sp³-hybridized carbons (Fsp3) is 0.462. The van der Waals surface area contributed by atoms with Gasteiger partial charge in [0.25, 0.3) is 5.91 Å². The molecule has 1 aromatic rings. The number of hydrogen-bond acceptors (Lipinski definition) is 2. The maximum absolute atomic E-state index is 12.0. The summed E-state index contributed by atoms with van der Waals surface area (Å²) < 4.78 is 5.50. The van der Waals surface area contributed by atoms with Crippen LogP contribution in [0.3, 0.4) is 0 Å². The summed E-state index contributed by atoms with van der Waals surface area (Å²) in [6.45, 7) is 2.52. The molecule has 1 heterocycles. The molecule has 0 bridgehead atoms. The average molecular weight is 298 g/mol. The Kier molecular flexibility index (Phi) is 3.84. The number of amides is 1. The molecule has 4 heteroatoms. The minimum atomic E-state index is -0.659. The van der Waals surface area contributed by atoms with E-state index in [1.807, 2.05) is 31.2 Å². The lowest BCUT2D eigenvalue weighted by Crippen LogP contribution is -2.39. The summed E-state index contributed by atoms with van der Waals surface area (Å²) in [5.74, 6) is -0.0541. The number of ether oxygens (including phenoxy) is 1. The molecule has 1 N–H and O–H groups in total. The van der Waals surface area contributed by atoms with Gasteiger partial charge in [0.2, 0.25) is 0 Å². The van der Waals surface area contributed by atoms with E-state index in [0.29, 0.717) is 6.61 Å². The Morgan fingerprint density at radius 1 is 1.47 bits per heavy atom. The van der Waals surface area contributed by atoms with Crippen LogP contribution in [0.15, 0.2) is 24.3 Å². The van der Waals surface area contributed by atoms with Crippen LogP contribution >= 0.6 is 15.9 Å². The molecule has 1 saturated heterocycles. The van der Waals surface area contributed by atoms with Crippen LogP contribution in [0.5, 0.6) is 0 Å². The van der Waals surface area contributed by atoms with Gasteiger partial charge in [0.1, 0.15) is 5.60 Å². The summed E-state index contributed by atoms with van der Waals surface area (Å²) in [4.78, 5) is 12.0. The highest BCUT2D eigenvalue weighted by molar-refractivity contribution is 9.08. The van der Waals surface area contributed by atoms with Gasteiger partial charge in [-0.1, -0.05) is 28.1 Å². The first-order valence-electron chi connectivity index (χ1n) is 5.74. The Balaban J connectivity index is 2.02. The van der Waals surface area contributed by atoms with Gasteiger partial charge in [-0.3, -0.25) is 4.79 Å². The summed E-state index contributed by atoms with van der Waals surface area (Å²) in [5.41, 5.74) is 1.34. The molecular weight excluding hydrogens is 282 g/mol. The zero-order chi connectivity index (χ0) is 12.3. The summed E-state index contributed by atoms with van der Waals surface area (Å²) in [6.07, 6.45) is 1.74. The molecule has 1 atom stereocenters. The molecule has 1 unspecified atom stereocenters. The monoisotopic (exact) mass is 297 g/mol. The van der Waals surface area contributed by atoms with Crippen LogP contribution in [0.25, 0.3) is 0 Å². The van der Waals surface area contributed by atoms with Crippen LogP contribution < -0.4 is 5.32 Å². The summed E-state index contributed by atoms with van der Waals surface area (Å²) in [5, 5.41) is 3.72. The first-order chi connectivity index (χ1) is 8.14. The van der Waals surface area contributed by atoms with Gasteiger partial charge in [-0.25, -0.2) is 0 Å². The lowest BCUT2D eigenvalue weighted by Gasteiger charge is -2.21. The van der Waals surface area contributed by atoms with Gasteiger partial charge in [-0.05, 0) is 37.5 Å². The molecule has 1 aromatic carbocycles. The van der Waals surface area contributed by atoms with Crippen molar-refractivity contribution in [2.75, 3.05) is 11.9 Å². The number of nitrogens with one attached hydrogen (secondary N) is 1. The molecule has 0 aliphatic carbocycles. The number of hydrogen-bond donors (Lipinski definition) is 1. The predicted octanol–water partition coefficient (Wildman–Crippen LogP) is 3.09. The van der Waals surface area contributed by atoms with Crippen molar-refractivity contribution in [3.8, 4) is 0 Å². The van der Waals surface area contributed by atoms with Crippen molar-refractivity contribution in [2.45, 2.75) is 30.7 Å². The highest BCUT2D eigenvalue weighted by Crippen LogP contribution is 2.26. The smallest absolute Gasteiger partial charge is 0.256 e. The molecule has 1 amide bonds. The van der Waals surface area contributed by atoms with Crippen LogP contribution in [0.1, 0.15) is 25.3 Å². The molecule has 1 aliphatic rings. The largest absolute Gasteiger partial charge is 0.365 e. The van der Waals surface area contributed by atoms with E-state index in [0.717, 1.165) is 23.9 Å². The van der Waals surface area contributed by atoms with Crippen molar-refractivity contribution < 1.29 is 9.53 Å². The highest BCUT2D eigenvalue weighted by Gasteiger charge is 2.37. The van der Waals surface area contributed by atoms with E-state index in [9.17, 15) is 4.79 Å². The quantitative estimate of drug-likeness (QED) is 0.871. The van der Waals surface area contributed by atoms with Gasteiger partial charge < -0.3 is 10.1 Å². The maximum Gasteiger partial charge on any atom is 0.256 e. The number of alkyl halides is 1. The Hall–Kier alpha value is -0.870. The van der Waals surface area contributed by atoms with E-state index < -0.39 is 5.60 Å². The van der Waals surface area contributed by atoms with Crippen LogP contribution in [-0.2, 0) is 14.9 Å². The summed E-state index contributed by atoms with van der Waals surface area (Å²) in [7, 11) is 0. The SMILES string of the molecule is CC1(C(=O)Nc2ccc(CBr)cc2)CCCO1. The third kappa shape index (κ3) is 2.87. The second kappa shape index (κ2) is 5.19. The number of carbonyl (C=O) groups excluding carboxylic acids is 1. The molecule has 0 spiro atoms. The van der Waals surface area contributed by atoms with Gasteiger partial charge >= 0.3 is 0 Å². The molecular formula is C13H16BrNO2. The Labute approximate surface area is 110 Å². The fourth-order valence-corrected chi connectivity index (χ4v) is 2.27. The third-order valence-electron chi connectivity index (χ3n) is 3.07. The zero-order valence-electron chi connectivity index (χ0n) is 9.83. The minimum absolute atomic E-state index is 0.0541. The van der Waals surface area contributed by atoms with Gasteiger partial charge in [0, 0.05) is 17.6 Å². The summed E-state index contributed by atoms with van der Waals surface area (Å²) in [6, 6.07) is 7.80. The number of rotatable bonds is 3. The number of halogens is 1. The first-order valence-corrected chi connectivity index (χ1v) is 6.86. The molecule has 92 valence electrons. The van der Waals surface area contributed by atoms with Gasteiger partial charge in [0.15, 0.2) is 0 Å². The molecule has 2 rings (SSSR count). The van der Waals surface area contributed by atoms with E-state index in [2.05, 4.69) is 21.2 Å². The minimum Gasteiger partial charge on any atom is -0.365 e.